The molecule has 1 aromatic heterocycles. The Morgan fingerprint density at radius 1 is 1.09 bits per heavy atom. The predicted octanol–water partition coefficient (Wildman–Crippen LogP) is 3.19. The van der Waals surface area contributed by atoms with Gasteiger partial charge in [-0.3, -0.25) is 19.4 Å². The number of benzene rings is 1. The van der Waals surface area contributed by atoms with Gasteiger partial charge in [-0.05, 0) is 44.5 Å². The number of ether oxygens (including phenoxy) is 1. The lowest BCUT2D eigenvalue weighted by atomic mass is 9.96. The van der Waals surface area contributed by atoms with Crippen LogP contribution in [0.4, 0.5) is 11.6 Å². The van der Waals surface area contributed by atoms with E-state index in [-0.39, 0.29) is 35.7 Å². The van der Waals surface area contributed by atoms with Gasteiger partial charge in [0.25, 0.3) is 5.91 Å². The summed E-state index contributed by atoms with van der Waals surface area (Å²) in [7, 11) is 0. The fraction of sp³-hybridized carbons (Fsp3) is 0.625. The van der Waals surface area contributed by atoms with Gasteiger partial charge in [0.1, 0.15) is 12.4 Å². The van der Waals surface area contributed by atoms with Gasteiger partial charge in [0.2, 0.25) is 5.91 Å². The summed E-state index contributed by atoms with van der Waals surface area (Å²) < 4.78 is 6.07. The van der Waals surface area contributed by atoms with Crippen LogP contribution in [0.3, 0.4) is 0 Å². The smallest absolute Gasteiger partial charge is 0.273 e. The van der Waals surface area contributed by atoms with E-state index in [1.807, 2.05) is 39.0 Å². The van der Waals surface area contributed by atoms with Crippen LogP contribution in [0.5, 0.6) is 5.75 Å². The first-order valence-corrected chi connectivity index (χ1v) is 16.8. The van der Waals surface area contributed by atoms with Crippen LogP contribution in [-0.2, 0) is 11.3 Å². The quantitative estimate of drug-likeness (QED) is 0.247. The first-order valence-electron chi connectivity index (χ1n) is 16.1. The molecule has 2 aliphatic rings. The third-order valence-corrected chi connectivity index (χ3v) is 9.04. The number of piperazine rings is 1. The average molecular weight is 680 g/mol. The van der Waals surface area contributed by atoms with Crippen LogP contribution < -0.4 is 26.0 Å². The number of anilines is 2. The van der Waals surface area contributed by atoms with E-state index in [1.54, 1.807) is 0 Å². The van der Waals surface area contributed by atoms with Crippen molar-refractivity contribution in [1.29, 1.82) is 0 Å². The summed E-state index contributed by atoms with van der Waals surface area (Å²) in [5, 5.41) is 15.2. The number of carbonyl (C=O) groups is 2. The molecule has 4 rings (SSSR count). The maximum absolute atomic E-state index is 12.3. The van der Waals surface area contributed by atoms with E-state index in [1.165, 1.54) is 0 Å². The number of nitrogens with two attached hydrogens (primary N) is 1. The number of amides is 2. The highest BCUT2D eigenvalue weighted by Gasteiger charge is 2.34. The summed E-state index contributed by atoms with van der Waals surface area (Å²) in [4.78, 5) is 40.4. The van der Waals surface area contributed by atoms with Crippen LogP contribution in [0, 0.1) is 5.41 Å². The average Bonchev–Trinajstić information content (AvgIpc) is 3.03. The molecule has 3 heterocycles. The number of rotatable bonds is 12. The topological polar surface area (TPSA) is 149 Å². The summed E-state index contributed by atoms with van der Waals surface area (Å²) in [6, 6.07) is 6.56. The zero-order valence-corrected chi connectivity index (χ0v) is 28.8. The fourth-order valence-electron chi connectivity index (χ4n) is 5.98. The summed E-state index contributed by atoms with van der Waals surface area (Å²) in [6.45, 7) is 13.6. The molecule has 0 unspecified atom stereocenters. The maximum atomic E-state index is 12.3. The highest BCUT2D eigenvalue weighted by Crippen LogP contribution is 2.31. The van der Waals surface area contributed by atoms with E-state index in [9.17, 15) is 9.59 Å². The molecule has 2 fully saturated rings. The van der Waals surface area contributed by atoms with Crippen molar-refractivity contribution in [3.8, 4) is 5.75 Å². The van der Waals surface area contributed by atoms with Crippen LogP contribution in [0.25, 0.3) is 0 Å². The molecular formula is C32H48Cl2N8O4. The molecular weight excluding hydrogens is 631 g/mol. The van der Waals surface area contributed by atoms with Gasteiger partial charge in [0, 0.05) is 60.8 Å². The van der Waals surface area contributed by atoms with Crippen molar-refractivity contribution in [2.75, 3.05) is 69.7 Å². The molecule has 254 valence electrons. The second kappa shape index (κ2) is 16.3. The van der Waals surface area contributed by atoms with Crippen molar-refractivity contribution in [3.05, 3.63) is 39.6 Å². The number of nitrogens with one attached hydrogen (secondary N) is 2. The summed E-state index contributed by atoms with van der Waals surface area (Å²) >= 11 is 12.8. The Hall–Kier alpha value is -2.90. The Morgan fingerprint density at radius 2 is 1.83 bits per heavy atom. The number of halogens is 2. The zero-order valence-electron chi connectivity index (χ0n) is 27.3. The number of aliphatic hydroxyl groups is 1. The number of carbonyl (C=O) groups excluding carboxylic acids is 2. The SMILES string of the molecule is CC[C@H]1CN(c2nc(N)c(C(=O)NCCO)nc2Cl)CCN1C1CCN(Cc2ccc(Cl)cc2OCCNC(=O)C(C)(C)C)CC1. The minimum atomic E-state index is -0.517. The lowest BCUT2D eigenvalue weighted by molar-refractivity contribution is -0.128. The number of aliphatic hydroxyl groups excluding tert-OH is 1. The Kier molecular flexibility index (Phi) is 12.7. The van der Waals surface area contributed by atoms with Crippen molar-refractivity contribution in [2.24, 2.45) is 5.41 Å². The molecule has 2 amide bonds. The number of nitrogens with zero attached hydrogens (tertiary/aromatic N) is 5. The molecule has 1 atom stereocenters. The highest BCUT2D eigenvalue weighted by atomic mass is 35.5. The summed E-state index contributed by atoms with van der Waals surface area (Å²) in [6.07, 6.45) is 3.09. The Morgan fingerprint density at radius 3 is 2.50 bits per heavy atom. The van der Waals surface area contributed by atoms with E-state index in [4.69, 9.17) is 38.8 Å². The number of likely N-dealkylation sites (tertiary alicyclic amines) is 1. The van der Waals surface area contributed by atoms with E-state index in [0.29, 0.717) is 36.1 Å². The number of nitrogen functional groups attached to an aromatic ring is 1. The Labute approximate surface area is 282 Å². The number of piperidine rings is 1. The van der Waals surface area contributed by atoms with Crippen LogP contribution in [0.15, 0.2) is 18.2 Å². The Bertz CT molecular complexity index is 1350. The molecule has 2 aliphatic heterocycles. The molecule has 0 saturated carbocycles. The third-order valence-electron chi connectivity index (χ3n) is 8.55. The molecule has 2 saturated heterocycles. The highest BCUT2D eigenvalue weighted by molar-refractivity contribution is 6.32. The van der Waals surface area contributed by atoms with Gasteiger partial charge in [-0.1, -0.05) is 57.0 Å². The van der Waals surface area contributed by atoms with Crippen molar-refractivity contribution in [1.82, 2.24) is 30.4 Å². The van der Waals surface area contributed by atoms with E-state index >= 15 is 0 Å². The first kappa shape index (κ1) is 35.9. The molecule has 0 bridgehead atoms. The van der Waals surface area contributed by atoms with Crippen molar-refractivity contribution < 1.29 is 19.4 Å². The number of aromatic nitrogens is 2. The van der Waals surface area contributed by atoms with Crippen molar-refractivity contribution >= 4 is 46.7 Å². The van der Waals surface area contributed by atoms with Gasteiger partial charge in [0.05, 0.1) is 13.2 Å². The minimum Gasteiger partial charge on any atom is -0.491 e. The maximum Gasteiger partial charge on any atom is 0.273 e. The van der Waals surface area contributed by atoms with Crippen molar-refractivity contribution in [3.63, 3.8) is 0 Å². The van der Waals surface area contributed by atoms with Crippen molar-refractivity contribution in [2.45, 2.75) is 65.6 Å². The standard InChI is InChI=1S/C32H48Cl2N8O4/c1-5-23-20-41(29-27(34)38-26(28(35)39-29)30(44)36-10-16-43)14-15-42(23)24-8-12-40(13-9-24)19-21-6-7-22(33)18-25(21)46-17-11-37-31(45)32(2,3)4/h6-7,18,23-24,43H,5,8-17,19-20H2,1-4H3,(H2,35,39)(H,36,44)(H,37,45)/t23-/m0/s1. The van der Waals surface area contributed by atoms with Crippen LogP contribution in [0.1, 0.15) is 63.0 Å². The van der Waals surface area contributed by atoms with E-state index in [2.05, 4.69) is 42.2 Å². The molecule has 14 heteroatoms. The van der Waals surface area contributed by atoms with Gasteiger partial charge in [-0.15, -0.1) is 0 Å². The molecule has 0 spiro atoms. The number of hydrogen-bond acceptors (Lipinski definition) is 10. The van der Waals surface area contributed by atoms with Gasteiger partial charge in [0.15, 0.2) is 22.5 Å². The molecule has 1 aromatic carbocycles. The fourth-order valence-corrected chi connectivity index (χ4v) is 6.39. The van der Waals surface area contributed by atoms with Gasteiger partial charge in [-0.25, -0.2) is 9.97 Å². The summed E-state index contributed by atoms with van der Waals surface area (Å²) in [5.74, 6) is 0.733. The Balaban J connectivity index is 1.31. The molecule has 0 radical (unpaired) electrons. The molecule has 0 aliphatic carbocycles. The molecule has 2 aromatic rings. The first-order chi connectivity index (χ1) is 21.9. The predicted molar refractivity (Wildman–Crippen MR) is 182 cm³/mol. The zero-order chi connectivity index (χ0) is 33.4. The van der Waals surface area contributed by atoms with Gasteiger partial charge >= 0.3 is 0 Å². The van der Waals surface area contributed by atoms with E-state index < -0.39 is 11.3 Å². The molecule has 12 nitrogen and oxygen atoms in total. The van der Waals surface area contributed by atoms with Crippen LogP contribution in [0.2, 0.25) is 10.2 Å². The second-order valence-corrected chi connectivity index (χ2v) is 13.7. The number of hydrogen-bond donors (Lipinski definition) is 4. The van der Waals surface area contributed by atoms with Crippen LogP contribution >= 0.6 is 23.2 Å². The minimum absolute atomic E-state index is 0.00504. The second-order valence-electron chi connectivity index (χ2n) is 12.9. The molecule has 5 N–H and O–H groups in total. The lowest BCUT2D eigenvalue weighted by Crippen LogP contribution is -2.58. The third kappa shape index (κ3) is 9.34. The molecule has 46 heavy (non-hydrogen) atoms. The lowest BCUT2D eigenvalue weighted by Gasteiger charge is -2.47. The largest absolute Gasteiger partial charge is 0.491 e. The summed E-state index contributed by atoms with van der Waals surface area (Å²) in [5.41, 5.74) is 6.70. The van der Waals surface area contributed by atoms with Gasteiger partial charge in [-0.2, -0.15) is 0 Å². The normalized spacial score (nSPS) is 18.4. The van der Waals surface area contributed by atoms with Gasteiger partial charge < -0.3 is 31.1 Å². The monoisotopic (exact) mass is 678 g/mol. The van der Waals surface area contributed by atoms with Crippen LogP contribution in [-0.4, -0.2) is 108 Å². The van der Waals surface area contributed by atoms with E-state index in [0.717, 1.165) is 69.8 Å².